The van der Waals surface area contributed by atoms with E-state index >= 15 is 0 Å². The molecule has 0 spiro atoms. The van der Waals surface area contributed by atoms with Crippen molar-refractivity contribution in [2.24, 2.45) is 5.16 Å². The van der Waals surface area contributed by atoms with Gasteiger partial charge < -0.3 is 4.84 Å². The van der Waals surface area contributed by atoms with Gasteiger partial charge in [-0.05, 0) is 19.6 Å². The lowest BCUT2D eigenvalue weighted by Gasteiger charge is -2.12. The minimum atomic E-state index is -0.0580. The molecule has 1 heterocycles. The summed E-state index contributed by atoms with van der Waals surface area (Å²) in [5, 5.41) is 5.09. The van der Waals surface area contributed by atoms with E-state index in [0.717, 1.165) is 17.2 Å². The zero-order valence-corrected chi connectivity index (χ0v) is 7.49. The summed E-state index contributed by atoms with van der Waals surface area (Å²) in [4.78, 5) is 5.17. The second kappa shape index (κ2) is 2.82. The molecule has 0 aromatic carbocycles. The van der Waals surface area contributed by atoms with E-state index in [0.29, 0.717) is 0 Å². The van der Waals surface area contributed by atoms with Crippen LogP contribution in [0.25, 0.3) is 0 Å². The molecule has 1 aliphatic heterocycles. The van der Waals surface area contributed by atoms with Crippen molar-refractivity contribution in [1.29, 1.82) is 0 Å². The number of nitrogens with zero attached hydrogens (tertiary/aromatic N) is 1. The van der Waals surface area contributed by atoms with Crippen LogP contribution in [0.4, 0.5) is 0 Å². The smallest absolute Gasteiger partial charge is 0.138 e. The van der Waals surface area contributed by atoms with Gasteiger partial charge in [0, 0.05) is 6.42 Å². The van der Waals surface area contributed by atoms with Crippen LogP contribution in [0, 0.1) is 0 Å². The maximum Gasteiger partial charge on any atom is 0.138 e. The van der Waals surface area contributed by atoms with E-state index < -0.39 is 0 Å². The summed E-state index contributed by atoms with van der Waals surface area (Å²) in [5.74, 6) is 1.08. The van der Waals surface area contributed by atoms with Crippen molar-refractivity contribution in [3.63, 3.8) is 0 Å². The zero-order chi connectivity index (χ0) is 7.61. The largest absolute Gasteiger partial charge is 0.389 e. The van der Waals surface area contributed by atoms with E-state index in [9.17, 15) is 0 Å². The van der Waals surface area contributed by atoms with E-state index in [1.807, 2.05) is 0 Å². The number of thioether (sulfide) groups is 1. The SMILES string of the molecule is CCSC1=NOC(C)(C)C1. The van der Waals surface area contributed by atoms with Crippen LogP contribution >= 0.6 is 11.8 Å². The fraction of sp³-hybridized carbons (Fsp3) is 0.857. The van der Waals surface area contributed by atoms with E-state index in [4.69, 9.17) is 4.84 Å². The van der Waals surface area contributed by atoms with Gasteiger partial charge >= 0.3 is 0 Å². The lowest BCUT2D eigenvalue weighted by atomic mass is 10.1. The normalized spacial score (nSPS) is 22.1. The number of oxime groups is 1. The molecular weight excluding hydrogens is 146 g/mol. The van der Waals surface area contributed by atoms with Gasteiger partial charge in [-0.3, -0.25) is 0 Å². The van der Waals surface area contributed by atoms with Crippen molar-refractivity contribution in [3.05, 3.63) is 0 Å². The number of rotatable bonds is 1. The monoisotopic (exact) mass is 159 g/mol. The highest BCUT2D eigenvalue weighted by molar-refractivity contribution is 8.13. The Morgan fingerprint density at radius 2 is 2.40 bits per heavy atom. The summed E-state index contributed by atoms with van der Waals surface area (Å²) in [6.45, 7) is 6.23. The molecule has 10 heavy (non-hydrogen) atoms. The molecule has 2 nitrogen and oxygen atoms in total. The van der Waals surface area contributed by atoms with Crippen molar-refractivity contribution in [3.8, 4) is 0 Å². The summed E-state index contributed by atoms with van der Waals surface area (Å²) in [6, 6.07) is 0. The van der Waals surface area contributed by atoms with Crippen LogP contribution in [0.15, 0.2) is 5.16 Å². The Labute approximate surface area is 66.0 Å². The van der Waals surface area contributed by atoms with Crippen molar-refractivity contribution >= 4 is 16.8 Å². The van der Waals surface area contributed by atoms with Crippen LogP contribution in [-0.2, 0) is 4.84 Å². The molecule has 1 rings (SSSR count). The average Bonchev–Trinajstić information content (AvgIpc) is 2.12. The van der Waals surface area contributed by atoms with Gasteiger partial charge in [0.15, 0.2) is 0 Å². The fourth-order valence-electron chi connectivity index (χ4n) is 0.847. The molecule has 0 fully saturated rings. The summed E-state index contributed by atoms with van der Waals surface area (Å²) < 4.78 is 0. The minimum absolute atomic E-state index is 0.0580. The Morgan fingerprint density at radius 3 is 2.80 bits per heavy atom. The standard InChI is InChI=1S/C7H13NOS/c1-4-10-6-5-7(2,3)9-8-6/h4-5H2,1-3H3. The predicted octanol–water partition coefficient (Wildman–Crippen LogP) is 2.25. The lowest BCUT2D eigenvalue weighted by Crippen LogP contribution is -2.18. The van der Waals surface area contributed by atoms with Gasteiger partial charge in [-0.15, -0.1) is 11.8 Å². The fourth-order valence-corrected chi connectivity index (χ4v) is 1.72. The molecule has 0 aromatic rings. The van der Waals surface area contributed by atoms with E-state index in [1.165, 1.54) is 0 Å². The highest BCUT2D eigenvalue weighted by atomic mass is 32.2. The zero-order valence-electron chi connectivity index (χ0n) is 6.68. The number of hydrogen-bond donors (Lipinski definition) is 0. The van der Waals surface area contributed by atoms with Gasteiger partial charge in [0.1, 0.15) is 10.6 Å². The first-order valence-electron chi connectivity index (χ1n) is 3.52. The Morgan fingerprint density at radius 1 is 1.70 bits per heavy atom. The van der Waals surface area contributed by atoms with Crippen molar-refractivity contribution in [2.45, 2.75) is 32.8 Å². The second-order valence-electron chi connectivity index (χ2n) is 2.95. The Bertz CT molecular complexity index is 154. The Kier molecular flexibility index (Phi) is 2.24. The molecule has 0 atom stereocenters. The highest BCUT2D eigenvalue weighted by Gasteiger charge is 2.28. The van der Waals surface area contributed by atoms with Gasteiger partial charge in [-0.2, -0.15) is 0 Å². The molecule has 0 bridgehead atoms. The summed E-state index contributed by atoms with van der Waals surface area (Å²) in [7, 11) is 0. The maximum absolute atomic E-state index is 5.17. The second-order valence-corrected chi connectivity index (χ2v) is 4.28. The Balaban J connectivity index is 2.39. The third-order valence-electron chi connectivity index (χ3n) is 1.28. The van der Waals surface area contributed by atoms with Crippen molar-refractivity contribution in [1.82, 2.24) is 0 Å². The van der Waals surface area contributed by atoms with Crippen LogP contribution < -0.4 is 0 Å². The molecule has 0 amide bonds. The van der Waals surface area contributed by atoms with Crippen LogP contribution in [0.3, 0.4) is 0 Å². The van der Waals surface area contributed by atoms with Crippen molar-refractivity contribution < 1.29 is 4.84 Å². The number of hydrogen-bond acceptors (Lipinski definition) is 3. The minimum Gasteiger partial charge on any atom is -0.389 e. The molecule has 0 saturated heterocycles. The third-order valence-corrected chi connectivity index (χ3v) is 2.12. The molecule has 0 aliphatic carbocycles. The van der Waals surface area contributed by atoms with Gasteiger partial charge in [-0.1, -0.05) is 12.1 Å². The van der Waals surface area contributed by atoms with E-state index in [2.05, 4.69) is 25.9 Å². The summed E-state index contributed by atoms with van der Waals surface area (Å²) in [5.41, 5.74) is -0.0580. The molecule has 0 aromatic heterocycles. The van der Waals surface area contributed by atoms with Gasteiger partial charge in [0.2, 0.25) is 0 Å². The van der Waals surface area contributed by atoms with E-state index in [-0.39, 0.29) is 5.60 Å². The maximum atomic E-state index is 5.17. The Hall–Kier alpha value is -0.180. The van der Waals surface area contributed by atoms with Crippen LogP contribution in [0.2, 0.25) is 0 Å². The van der Waals surface area contributed by atoms with Gasteiger partial charge in [-0.25, -0.2) is 0 Å². The molecular formula is C7H13NOS. The molecule has 0 saturated carbocycles. The molecule has 58 valence electrons. The van der Waals surface area contributed by atoms with Crippen LogP contribution in [0.5, 0.6) is 0 Å². The van der Waals surface area contributed by atoms with Gasteiger partial charge in [0.05, 0.1) is 0 Å². The summed E-state index contributed by atoms with van der Waals surface area (Å²) >= 11 is 1.77. The average molecular weight is 159 g/mol. The molecule has 1 aliphatic rings. The van der Waals surface area contributed by atoms with Gasteiger partial charge in [0.25, 0.3) is 0 Å². The van der Waals surface area contributed by atoms with E-state index in [1.54, 1.807) is 11.8 Å². The van der Waals surface area contributed by atoms with Crippen LogP contribution in [-0.4, -0.2) is 16.4 Å². The quantitative estimate of drug-likeness (QED) is 0.585. The molecule has 0 unspecified atom stereocenters. The lowest BCUT2D eigenvalue weighted by molar-refractivity contribution is 0.0123. The predicted molar refractivity (Wildman–Crippen MR) is 45.3 cm³/mol. The van der Waals surface area contributed by atoms with Crippen LogP contribution in [0.1, 0.15) is 27.2 Å². The third kappa shape index (κ3) is 1.90. The first kappa shape index (κ1) is 7.92. The topological polar surface area (TPSA) is 21.6 Å². The highest BCUT2D eigenvalue weighted by Crippen LogP contribution is 2.26. The first-order chi connectivity index (χ1) is 4.64. The molecule has 3 heteroatoms. The molecule has 0 N–H and O–H groups in total. The summed E-state index contributed by atoms with van der Waals surface area (Å²) in [6.07, 6.45) is 0.964. The van der Waals surface area contributed by atoms with Crippen molar-refractivity contribution in [2.75, 3.05) is 5.75 Å². The first-order valence-corrected chi connectivity index (χ1v) is 4.50. The molecule has 0 radical (unpaired) electrons.